The molecule has 0 spiro atoms. The van der Waals surface area contributed by atoms with Gasteiger partial charge in [0.2, 0.25) is 5.88 Å². The first-order valence-corrected chi connectivity index (χ1v) is 8.46. The molecule has 0 bridgehead atoms. The highest BCUT2D eigenvalue weighted by atomic mass is 35.5. The molecule has 0 radical (unpaired) electrons. The summed E-state index contributed by atoms with van der Waals surface area (Å²) in [6, 6.07) is 3.40. The molecule has 6 nitrogen and oxygen atoms in total. The van der Waals surface area contributed by atoms with Crippen molar-refractivity contribution >= 4 is 11.6 Å². The predicted octanol–water partition coefficient (Wildman–Crippen LogP) is 2.48. The van der Waals surface area contributed by atoms with Gasteiger partial charge in [0.15, 0.2) is 0 Å². The van der Waals surface area contributed by atoms with E-state index in [2.05, 4.69) is 11.8 Å². The minimum Gasteiger partial charge on any atom is -0.493 e. The fraction of sp³-hybridized carbons (Fsp3) is 0.389. The summed E-state index contributed by atoms with van der Waals surface area (Å²) in [5.74, 6) is 6.04. The molecule has 0 unspecified atom stereocenters. The Bertz CT molecular complexity index is 918. The second-order valence-electron chi connectivity index (χ2n) is 5.50. The van der Waals surface area contributed by atoms with Crippen LogP contribution in [0.3, 0.4) is 0 Å². The van der Waals surface area contributed by atoms with Crippen molar-refractivity contribution in [1.82, 2.24) is 9.36 Å². The van der Waals surface area contributed by atoms with Crippen molar-refractivity contribution in [3.63, 3.8) is 0 Å². The van der Waals surface area contributed by atoms with Gasteiger partial charge in [0.1, 0.15) is 11.3 Å². The second kappa shape index (κ2) is 7.26. The zero-order valence-corrected chi connectivity index (χ0v) is 14.9. The number of hydrogen-bond acceptors (Lipinski definition) is 4. The van der Waals surface area contributed by atoms with Gasteiger partial charge in [-0.25, -0.2) is 9.36 Å². The van der Waals surface area contributed by atoms with E-state index < -0.39 is 0 Å². The molecule has 0 fully saturated rings. The van der Waals surface area contributed by atoms with E-state index in [0.717, 1.165) is 0 Å². The maximum atomic E-state index is 12.9. The Labute approximate surface area is 150 Å². The number of fused-ring (bicyclic) bond motifs is 1. The molecule has 7 heteroatoms. The van der Waals surface area contributed by atoms with Crippen molar-refractivity contribution in [1.29, 1.82) is 0 Å². The van der Waals surface area contributed by atoms with Gasteiger partial charge in [0.25, 0.3) is 5.56 Å². The van der Waals surface area contributed by atoms with E-state index in [1.807, 2.05) is 6.92 Å². The highest BCUT2D eigenvalue weighted by Crippen LogP contribution is 2.40. The van der Waals surface area contributed by atoms with Crippen LogP contribution in [-0.2, 0) is 17.8 Å². The van der Waals surface area contributed by atoms with Gasteiger partial charge in [0, 0.05) is 5.56 Å². The van der Waals surface area contributed by atoms with E-state index in [1.165, 1.54) is 9.36 Å². The van der Waals surface area contributed by atoms with Crippen molar-refractivity contribution < 1.29 is 14.6 Å². The van der Waals surface area contributed by atoms with Crippen molar-refractivity contribution in [2.45, 2.75) is 26.9 Å². The summed E-state index contributed by atoms with van der Waals surface area (Å²) in [6.07, 6.45) is 0. The number of hydrogen-bond donors (Lipinski definition) is 1. The molecule has 3 rings (SSSR count). The Hall–Kier alpha value is -2.36. The molecular formula is C18H19ClN2O4. The summed E-state index contributed by atoms with van der Waals surface area (Å²) in [5.41, 5.74) is 0.904. The van der Waals surface area contributed by atoms with Crippen LogP contribution in [0.1, 0.15) is 19.4 Å². The normalized spacial score (nSPS) is 13.6. The molecule has 1 aromatic heterocycles. The molecule has 25 heavy (non-hydrogen) atoms. The number of benzene rings is 1. The number of rotatable bonds is 3. The second-order valence-corrected chi connectivity index (χ2v) is 5.91. The maximum Gasteiger partial charge on any atom is 0.278 e. The van der Waals surface area contributed by atoms with E-state index in [1.54, 1.807) is 19.1 Å². The van der Waals surface area contributed by atoms with Gasteiger partial charge in [0.05, 0.1) is 43.5 Å². The van der Waals surface area contributed by atoms with Crippen LogP contribution in [0.5, 0.6) is 11.6 Å². The standard InChI is InChI=1S/C18H19ClN2O4/c1-3-5-12-10-13(19)15(14(11-12)25-4-2)16-17(22)20-6-8-24-9-7-21(20)18(16)23/h10-11,22H,4,6-9H2,1-2H3. The number of ether oxygens (including phenoxy) is 2. The minimum absolute atomic E-state index is 0.132. The van der Waals surface area contributed by atoms with E-state index in [-0.39, 0.29) is 17.0 Å². The lowest BCUT2D eigenvalue weighted by Crippen LogP contribution is -2.23. The summed E-state index contributed by atoms with van der Waals surface area (Å²) in [6.45, 7) is 5.57. The third-order valence-electron chi connectivity index (χ3n) is 3.98. The molecule has 0 saturated heterocycles. The Morgan fingerprint density at radius 2 is 2.00 bits per heavy atom. The maximum absolute atomic E-state index is 12.9. The summed E-state index contributed by atoms with van der Waals surface area (Å²) in [7, 11) is 0. The summed E-state index contributed by atoms with van der Waals surface area (Å²) < 4.78 is 14.0. The molecule has 1 aliphatic rings. The Balaban J connectivity index is 2.26. The first-order valence-electron chi connectivity index (χ1n) is 8.08. The molecule has 2 aromatic rings. The summed E-state index contributed by atoms with van der Waals surface area (Å²) in [5, 5.41) is 11.0. The number of nitrogens with zero attached hydrogens (tertiary/aromatic N) is 2. The largest absolute Gasteiger partial charge is 0.493 e. The molecule has 0 aliphatic carbocycles. The molecule has 1 aromatic carbocycles. The summed E-state index contributed by atoms with van der Waals surface area (Å²) in [4.78, 5) is 12.9. The van der Waals surface area contributed by atoms with Crippen LogP contribution in [0.2, 0.25) is 5.02 Å². The number of aromatic nitrogens is 2. The van der Waals surface area contributed by atoms with Gasteiger partial charge in [-0.2, -0.15) is 0 Å². The fourth-order valence-electron chi connectivity index (χ4n) is 2.96. The van der Waals surface area contributed by atoms with Gasteiger partial charge in [-0.3, -0.25) is 4.79 Å². The molecular weight excluding hydrogens is 344 g/mol. The fourth-order valence-corrected chi connectivity index (χ4v) is 3.26. The SMILES string of the molecule is CC#Cc1cc(Cl)c(-c2c(O)n3n(c2=O)CCOCC3)c(OCC)c1. The Kier molecular flexibility index (Phi) is 5.07. The quantitative estimate of drug-likeness (QED) is 0.852. The van der Waals surface area contributed by atoms with Crippen molar-refractivity contribution in [3.05, 3.63) is 33.1 Å². The van der Waals surface area contributed by atoms with Crippen LogP contribution in [-0.4, -0.2) is 34.3 Å². The van der Waals surface area contributed by atoms with Crippen molar-refractivity contribution in [2.24, 2.45) is 0 Å². The van der Waals surface area contributed by atoms with Crippen LogP contribution in [0.15, 0.2) is 16.9 Å². The monoisotopic (exact) mass is 362 g/mol. The smallest absolute Gasteiger partial charge is 0.278 e. The van der Waals surface area contributed by atoms with E-state index in [9.17, 15) is 9.90 Å². The lowest BCUT2D eigenvalue weighted by atomic mass is 10.0. The first kappa shape index (κ1) is 17.5. The lowest BCUT2D eigenvalue weighted by molar-refractivity contribution is 0.137. The molecule has 2 heterocycles. The average molecular weight is 363 g/mol. The molecule has 0 amide bonds. The first-order chi connectivity index (χ1) is 12.1. The molecule has 132 valence electrons. The summed E-state index contributed by atoms with van der Waals surface area (Å²) >= 11 is 6.44. The van der Waals surface area contributed by atoms with Crippen molar-refractivity contribution in [3.8, 4) is 34.6 Å². The Morgan fingerprint density at radius 1 is 1.28 bits per heavy atom. The van der Waals surface area contributed by atoms with Gasteiger partial charge in [-0.15, -0.1) is 5.92 Å². The van der Waals surface area contributed by atoms with E-state index in [0.29, 0.717) is 54.8 Å². The minimum atomic E-state index is -0.319. The van der Waals surface area contributed by atoms with Gasteiger partial charge < -0.3 is 14.6 Å². The topological polar surface area (TPSA) is 65.6 Å². The number of halogens is 1. The lowest BCUT2D eigenvalue weighted by Gasteiger charge is -2.12. The highest BCUT2D eigenvalue weighted by Gasteiger charge is 2.26. The third-order valence-corrected chi connectivity index (χ3v) is 4.27. The molecule has 0 saturated carbocycles. The Morgan fingerprint density at radius 3 is 2.68 bits per heavy atom. The zero-order chi connectivity index (χ0) is 18.0. The van der Waals surface area contributed by atoms with Crippen LogP contribution >= 0.6 is 11.6 Å². The molecule has 1 aliphatic heterocycles. The van der Waals surface area contributed by atoms with Crippen LogP contribution in [0.4, 0.5) is 0 Å². The average Bonchev–Trinajstić information content (AvgIpc) is 2.75. The number of aromatic hydroxyl groups is 1. The predicted molar refractivity (Wildman–Crippen MR) is 95.3 cm³/mol. The van der Waals surface area contributed by atoms with E-state index >= 15 is 0 Å². The van der Waals surface area contributed by atoms with Crippen LogP contribution < -0.4 is 10.3 Å². The van der Waals surface area contributed by atoms with Crippen molar-refractivity contribution in [2.75, 3.05) is 19.8 Å². The van der Waals surface area contributed by atoms with E-state index in [4.69, 9.17) is 21.1 Å². The van der Waals surface area contributed by atoms with Gasteiger partial charge >= 0.3 is 0 Å². The van der Waals surface area contributed by atoms with Crippen LogP contribution in [0, 0.1) is 11.8 Å². The van der Waals surface area contributed by atoms with Gasteiger partial charge in [-0.1, -0.05) is 17.5 Å². The molecule has 1 N–H and O–H groups in total. The van der Waals surface area contributed by atoms with Gasteiger partial charge in [-0.05, 0) is 26.0 Å². The molecule has 0 atom stereocenters. The zero-order valence-electron chi connectivity index (χ0n) is 14.1. The highest BCUT2D eigenvalue weighted by molar-refractivity contribution is 6.34. The van der Waals surface area contributed by atoms with Crippen LogP contribution in [0.25, 0.3) is 11.1 Å². The third kappa shape index (κ3) is 3.13.